The van der Waals surface area contributed by atoms with Crippen molar-refractivity contribution in [2.24, 2.45) is 0 Å². The molecule has 4 rings (SSSR count). The van der Waals surface area contributed by atoms with Gasteiger partial charge in [-0.1, -0.05) is 58.4 Å². The summed E-state index contributed by atoms with van der Waals surface area (Å²) in [5, 5.41) is 14.7. The van der Waals surface area contributed by atoms with E-state index in [1.54, 1.807) is 6.07 Å². The molecule has 0 saturated carbocycles. The Hall–Kier alpha value is -2.52. The maximum absolute atomic E-state index is 10.6. The van der Waals surface area contributed by atoms with E-state index in [0.717, 1.165) is 37.1 Å². The van der Waals surface area contributed by atoms with Crippen LogP contribution in [0.2, 0.25) is 0 Å². The number of aromatic hydroxyl groups is 1. The standard InChI is InChI=1S/C20H14BrNO/c21-14-8-5-13-7-10-18(23)20(16(13)11-14)19-15-4-2-1-3-12(15)6-9-17(19)22/h1-11,23H,22H2. The molecule has 112 valence electrons. The van der Waals surface area contributed by atoms with Crippen LogP contribution in [-0.4, -0.2) is 5.11 Å². The first-order valence-electron chi connectivity index (χ1n) is 7.34. The highest BCUT2D eigenvalue weighted by atomic mass is 79.9. The number of hydrogen-bond donors (Lipinski definition) is 2. The highest BCUT2D eigenvalue weighted by Crippen LogP contribution is 2.43. The predicted molar refractivity (Wildman–Crippen MR) is 101 cm³/mol. The molecule has 0 unspecified atom stereocenters. The van der Waals surface area contributed by atoms with Gasteiger partial charge in [-0.3, -0.25) is 0 Å². The summed E-state index contributed by atoms with van der Waals surface area (Å²) in [6.45, 7) is 0. The van der Waals surface area contributed by atoms with Gasteiger partial charge in [0.25, 0.3) is 0 Å². The van der Waals surface area contributed by atoms with Crippen LogP contribution in [0.1, 0.15) is 0 Å². The van der Waals surface area contributed by atoms with Crippen LogP contribution in [-0.2, 0) is 0 Å². The van der Waals surface area contributed by atoms with Crippen molar-refractivity contribution >= 4 is 43.2 Å². The molecule has 4 aromatic rings. The van der Waals surface area contributed by atoms with E-state index >= 15 is 0 Å². The Kier molecular flexibility index (Phi) is 3.24. The summed E-state index contributed by atoms with van der Waals surface area (Å²) in [7, 11) is 0. The molecule has 3 heteroatoms. The highest BCUT2D eigenvalue weighted by Gasteiger charge is 2.15. The van der Waals surface area contributed by atoms with Gasteiger partial charge in [0.15, 0.2) is 0 Å². The molecule has 0 atom stereocenters. The Morgan fingerprint density at radius 3 is 2.30 bits per heavy atom. The second-order valence-electron chi connectivity index (χ2n) is 5.58. The third-order valence-electron chi connectivity index (χ3n) is 4.17. The zero-order valence-corrected chi connectivity index (χ0v) is 13.8. The number of phenolic OH excluding ortho intramolecular Hbond substituents is 1. The van der Waals surface area contributed by atoms with Crippen LogP contribution < -0.4 is 5.73 Å². The summed E-state index contributed by atoms with van der Waals surface area (Å²) in [4.78, 5) is 0. The van der Waals surface area contributed by atoms with Crippen LogP contribution >= 0.6 is 15.9 Å². The molecule has 0 aliphatic carbocycles. The lowest BCUT2D eigenvalue weighted by Gasteiger charge is -2.15. The summed E-state index contributed by atoms with van der Waals surface area (Å²) in [5.74, 6) is 0.235. The molecule has 3 N–H and O–H groups in total. The molecule has 0 radical (unpaired) electrons. The minimum Gasteiger partial charge on any atom is -0.507 e. The van der Waals surface area contributed by atoms with Crippen molar-refractivity contribution in [2.45, 2.75) is 0 Å². The van der Waals surface area contributed by atoms with E-state index in [4.69, 9.17) is 5.73 Å². The van der Waals surface area contributed by atoms with Crippen LogP contribution in [0.5, 0.6) is 5.75 Å². The summed E-state index contributed by atoms with van der Waals surface area (Å²) in [5.41, 5.74) is 8.61. The van der Waals surface area contributed by atoms with Crippen LogP contribution in [0.15, 0.2) is 71.2 Å². The van der Waals surface area contributed by atoms with Gasteiger partial charge in [0.2, 0.25) is 0 Å². The number of nitrogens with two attached hydrogens (primary N) is 1. The van der Waals surface area contributed by atoms with Gasteiger partial charge in [0.05, 0.1) is 0 Å². The van der Waals surface area contributed by atoms with Crippen LogP contribution in [0.4, 0.5) is 5.69 Å². The second-order valence-corrected chi connectivity index (χ2v) is 6.49. The molecule has 2 nitrogen and oxygen atoms in total. The van der Waals surface area contributed by atoms with E-state index in [0.29, 0.717) is 5.69 Å². The van der Waals surface area contributed by atoms with Gasteiger partial charge in [-0.25, -0.2) is 0 Å². The molecule has 0 aliphatic rings. The van der Waals surface area contributed by atoms with Crippen molar-refractivity contribution in [3.8, 4) is 16.9 Å². The maximum atomic E-state index is 10.6. The number of rotatable bonds is 1. The Morgan fingerprint density at radius 1 is 0.739 bits per heavy atom. The quantitative estimate of drug-likeness (QED) is 0.425. The average molecular weight is 364 g/mol. The van der Waals surface area contributed by atoms with E-state index in [1.165, 1.54) is 0 Å². The molecule has 0 saturated heterocycles. The molecule has 0 heterocycles. The summed E-state index contributed by atoms with van der Waals surface area (Å²) >= 11 is 3.52. The molecular weight excluding hydrogens is 350 g/mol. The third-order valence-corrected chi connectivity index (χ3v) is 4.67. The van der Waals surface area contributed by atoms with Gasteiger partial charge < -0.3 is 10.8 Å². The van der Waals surface area contributed by atoms with Crippen LogP contribution in [0, 0.1) is 0 Å². The Bertz CT molecular complexity index is 1050. The second kappa shape index (κ2) is 5.28. The molecular formula is C20H14BrNO. The molecule has 0 bridgehead atoms. The van der Waals surface area contributed by atoms with Crippen molar-refractivity contribution in [3.63, 3.8) is 0 Å². The Morgan fingerprint density at radius 2 is 1.43 bits per heavy atom. The first kappa shape index (κ1) is 14.1. The smallest absolute Gasteiger partial charge is 0.124 e. The lowest BCUT2D eigenvalue weighted by Crippen LogP contribution is -1.93. The number of hydrogen-bond acceptors (Lipinski definition) is 2. The molecule has 0 fully saturated rings. The summed E-state index contributed by atoms with van der Waals surface area (Å²) in [6.07, 6.45) is 0. The van der Waals surface area contributed by atoms with Gasteiger partial charge >= 0.3 is 0 Å². The van der Waals surface area contributed by atoms with Gasteiger partial charge in [0, 0.05) is 21.3 Å². The third kappa shape index (κ3) is 2.25. The Labute approximate surface area is 142 Å². The van der Waals surface area contributed by atoms with Gasteiger partial charge in [-0.2, -0.15) is 0 Å². The zero-order chi connectivity index (χ0) is 16.0. The van der Waals surface area contributed by atoms with Crippen LogP contribution in [0.25, 0.3) is 32.7 Å². The topological polar surface area (TPSA) is 46.2 Å². The summed E-state index contributed by atoms with van der Waals surface area (Å²) in [6, 6.07) is 21.7. The maximum Gasteiger partial charge on any atom is 0.124 e. The number of fused-ring (bicyclic) bond motifs is 2. The fraction of sp³-hybridized carbons (Fsp3) is 0. The van der Waals surface area contributed by atoms with Crippen molar-refractivity contribution in [3.05, 3.63) is 71.2 Å². The molecule has 4 aromatic carbocycles. The van der Waals surface area contributed by atoms with Crippen molar-refractivity contribution in [1.29, 1.82) is 0 Å². The first-order valence-corrected chi connectivity index (χ1v) is 8.13. The summed E-state index contributed by atoms with van der Waals surface area (Å²) < 4.78 is 0.968. The first-order chi connectivity index (χ1) is 11.1. The normalized spacial score (nSPS) is 11.2. The number of halogens is 1. The molecule has 23 heavy (non-hydrogen) atoms. The average Bonchev–Trinajstić information content (AvgIpc) is 2.56. The predicted octanol–water partition coefficient (Wildman–Crippen LogP) is 5.71. The molecule has 0 spiro atoms. The van der Waals surface area contributed by atoms with E-state index in [2.05, 4.69) is 22.0 Å². The largest absolute Gasteiger partial charge is 0.507 e. The highest BCUT2D eigenvalue weighted by molar-refractivity contribution is 9.10. The lowest BCUT2D eigenvalue weighted by molar-refractivity contribution is 0.478. The van der Waals surface area contributed by atoms with Gasteiger partial charge in [0.1, 0.15) is 5.75 Å². The monoisotopic (exact) mass is 363 g/mol. The fourth-order valence-corrected chi connectivity index (χ4v) is 3.47. The van der Waals surface area contributed by atoms with E-state index in [1.807, 2.05) is 54.6 Å². The number of phenols is 1. The van der Waals surface area contributed by atoms with E-state index < -0.39 is 0 Å². The minimum atomic E-state index is 0.235. The van der Waals surface area contributed by atoms with Crippen molar-refractivity contribution in [2.75, 3.05) is 5.73 Å². The van der Waals surface area contributed by atoms with E-state index in [-0.39, 0.29) is 5.75 Å². The van der Waals surface area contributed by atoms with Gasteiger partial charge in [-0.15, -0.1) is 0 Å². The van der Waals surface area contributed by atoms with Crippen molar-refractivity contribution < 1.29 is 5.11 Å². The molecule has 0 aliphatic heterocycles. The van der Waals surface area contributed by atoms with Crippen molar-refractivity contribution in [1.82, 2.24) is 0 Å². The van der Waals surface area contributed by atoms with Gasteiger partial charge in [-0.05, 0) is 45.8 Å². The fourth-order valence-electron chi connectivity index (χ4n) is 3.11. The Balaban J connectivity index is 2.21. The number of nitrogen functional groups attached to an aromatic ring is 1. The minimum absolute atomic E-state index is 0.235. The molecule has 0 amide bonds. The van der Waals surface area contributed by atoms with E-state index in [9.17, 15) is 5.11 Å². The van der Waals surface area contributed by atoms with Crippen LogP contribution in [0.3, 0.4) is 0 Å². The zero-order valence-electron chi connectivity index (χ0n) is 12.3. The SMILES string of the molecule is Nc1ccc2ccccc2c1-c1c(O)ccc2ccc(Br)cc12. The molecule has 0 aromatic heterocycles. The number of benzene rings is 4. The lowest BCUT2D eigenvalue weighted by atomic mass is 9.92. The number of anilines is 1.